The highest BCUT2D eigenvalue weighted by Crippen LogP contribution is 2.36. The van der Waals surface area contributed by atoms with Crippen molar-refractivity contribution in [3.8, 4) is 11.5 Å². The minimum Gasteiger partial charge on any atom is -0.493 e. The van der Waals surface area contributed by atoms with E-state index in [4.69, 9.17) is 14.2 Å². The van der Waals surface area contributed by atoms with E-state index in [9.17, 15) is 14.4 Å². The second-order valence-electron chi connectivity index (χ2n) is 8.26. The summed E-state index contributed by atoms with van der Waals surface area (Å²) in [6.07, 6.45) is 0. The molecule has 0 radical (unpaired) electrons. The van der Waals surface area contributed by atoms with E-state index in [1.807, 2.05) is 6.07 Å². The highest BCUT2D eigenvalue weighted by atomic mass is 79.9. The summed E-state index contributed by atoms with van der Waals surface area (Å²) in [5, 5.41) is 2.82. The molecule has 0 saturated carbocycles. The average Bonchev–Trinajstić information content (AvgIpc) is 3.37. The van der Waals surface area contributed by atoms with E-state index in [2.05, 4.69) is 26.2 Å². The van der Waals surface area contributed by atoms with E-state index in [0.29, 0.717) is 38.8 Å². The molecule has 1 N–H and O–H groups in total. The molecule has 2 aliphatic rings. The third kappa shape index (κ3) is 4.08. The van der Waals surface area contributed by atoms with Crippen molar-refractivity contribution in [3.05, 3.63) is 83.0 Å². The quantitative estimate of drug-likeness (QED) is 0.463. The molecule has 0 saturated heterocycles. The molecule has 3 aromatic rings. The zero-order valence-corrected chi connectivity index (χ0v) is 22.8. The van der Waals surface area contributed by atoms with Crippen LogP contribution in [0.5, 0.6) is 11.5 Å². The lowest BCUT2D eigenvalue weighted by Crippen LogP contribution is -2.40. The van der Waals surface area contributed by atoms with Crippen LogP contribution in [0, 0.1) is 0 Å². The van der Waals surface area contributed by atoms with Gasteiger partial charge in [0.1, 0.15) is 4.53 Å². The van der Waals surface area contributed by atoms with Gasteiger partial charge in [-0.3, -0.25) is 14.2 Å². The molecule has 2 aliphatic heterocycles. The van der Waals surface area contributed by atoms with E-state index in [0.717, 1.165) is 15.8 Å². The van der Waals surface area contributed by atoms with E-state index in [1.165, 1.54) is 18.8 Å². The van der Waals surface area contributed by atoms with Gasteiger partial charge in [0.15, 0.2) is 16.3 Å². The largest absolute Gasteiger partial charge is 0.493 e. The van der Waals surface area contributed by atoms with Gasteiger partial charge in [-0.25, -0.2) is 9.79 Å². The van der Waals surface area contributed by atoms with Crippen LogP contribution in [0.3, 0.4) is 0 Å². The molecular formula is C26H22BrN3O6S. The van der Waals surface area contributed by atoms with Crippen molar-refractivity contribution in [2.24, 2.45) is 4.99 Å². The van der Waals surface area contributed by atoms with Crippen LogP contribution in [0.2, 0.25) is 0 Å². The number of amides is 1. The van der Waals surface area contributed by atoms with Crippen molar-refractivity contribution in [2.75, 3.05) is 26.1 Å². The van der Waals surface area contributed by atoms with Gasteiger partial charge < -0.3 is 19.5 Å². The number of rotatable bonds is 5. The number of benzene rings is 2. The van der Waals surface area contributed by atoms with Crippen molar-refractivity contribution in [3.63, 3.8) is 0 Å². The van der Waals surface area contributed by atoms with Crippen LogP contribution in [0.4, 0.5) is 5.69 Å². The first-order valence-corrected chi connectivity index (χ1v) is 12.9. The molecule has 0 spiro atoms. The van der Waals surface area contributed by atoms with Crippen molar-refractivity contribution in [1.82, 2.24) is 4.57 Å². The van der Waals surface area contributed by atoms with Crippen LogP contribution in [-0.2, 0) is 14.3 Å². The van der Waals surface area contributed by atoms with E-state index in [1.54, 1.807) is 44.2 Å². The van der Waals surface area contributed by atoms with Gasteiger partial charge in [0.25, 0.3) is 11.5 Å². The topological polar surface area (TPSA) is 108 Å². The number of anilines is 1. The summed E-state index contributed by atoms with van der Waals surface area (Å²) in [7, 11) is 3.04. The summed E-state index contributed by atoms with van der Waals surface area (Å²) < 4.78 is 18.6. The number of esters is 1. The van der Waals surface area contributed by atoms with Crippen LogP contribution in [-0.4, -0.2) is 37.3 Å². The minimum atomic E-state index is -0.851. The number of methoxy groups -OCH3 is 2. The van der Waals surface area contributed by atoms with E-state index in [-0.39, 0.29) is 28.2 Å². The Labute approximate surface area is 223 Å². The Balaban J connectivity index is 1.82. The van der Waals surface area contributed by atoms with Crippen LogP contribution >= 0.6 is 27.3 Å². The lowest BCUT2D eigenvalue weighted by atomic mass is 9.95. The number of aromatic nitrogens is 1. The van der Waals surface area contributed by atoms with Crippen molar-refractivity contribution in [2.45, 2.75) is 19.9 Å². The first-order valence-electron chi connectivity index (χ1n) is 11.3. The summed E-state index contributed by atoms with van der Waals surface area (Å²) in [6.45, 7) is 3.58. The zero-order chi connectivity index (χ0) is 26.4. The molecule has 37 heavy (non-hydrogen) atoms. The Morgan fingerprint density at radius 3 is 2.59 bits per heavy atom. The maximum absolute atomic E-state index is 14.0. The average molecular weight is 584 g/mol. The Kier molecular flexibility index (Phi) is 6.50. The van der Waals surface area contributed by atoms with Gasteiger partial charge in [0, 0.05) is 15.7 Å². The molecule has 190 valence electrons. The Bertz CT molecular complexity index is 1690. The number of hydrogen-bond donors (Lipinski definition) is 1. The SMILES string of the molecule is CCOC(=O)C1=C(C)N=c2sc(=C3C(=O)Nc4ccc(Br)cc43)c(=O)n2C1c1ccc(OC)c(OC)c1. The van der Waals surface area contributed by atoms with Crippen molar-refractivity contribution < 1.29 is 23.8 Å². The lowest BCUT2D eigenvalue weighted by molar-refractivity contribution is -0.139. The summed E-state index contributed by atoms with van der Waals surface area (Å²) in [5.41, 5.74) is 2.34. The molecule has 3 heterocycles. The van der Waals surface area contributed by atoms with Gasteiger partial charge >= 0.3 is 5.97 Å². The molecular weight excluding hydrogens is 562 g/mol. The summed E-state index contributed by atoms with van der Waals surface area (Å²) >= 11 is 4.55. The second-order valence-corrected chi connectivity index (χ2v) is 10.1. The lowest BCUT2D eigenvalue weighted by Gasteiger charge is -2.25. The third-order valence-corrected chi connectivity index (χ3v) is 7.72. The summed E-state index contributed by atoms with van der Waals surface area (Å²) in [6, 6.07) is 9.73. The number of carbonyl (C=O) groups is 2. The van der Waals surface area contributed by atoms with Gasteiger partial charge in [0.05, 0.1) is 43.7 Å². The first kappa shape index (κ1) is 25.0. The standard InChI is InChI=1S/C26H22BrN3O6S/c1-5-36-25(33)19-12(2)28-26-30(21(19)13-6-9-17(34-3)18(10-13)35-4)24(32)22(37-26)20-15-11-14(27)7-8-16(15)29-23(20)31/h6-11,21H,5H2,1-4H3,(H,29,31). The Morgan fingerprint density at radius 1 is 1.14 bits per heavy atom. The number of fused-ring (bicyclic) bond motifs is 2. The second kappa shape index (κ2) is 9.64. The third-order valence-electron chi connectivity index (χ3n) is 6.17. The van der Waals surface area contributed by atoms with Crippen LogP contribution in [0.25, 0.3) is 5.57 Å². The fraction of sp³-hybridized carbons (Fsp3) is 0.231. The number of halogens is 1. The summed E-state index contributed by atoms with van der Waals surface area (Å²) in [4.78, 5) is 45.1. The van der Waals surface area contributed by atoms with Crippen LogP contribution < -0.4 is 29.7 Å². The van der Waals surface area contributed by atoms with Gasteiger partial charge in [0.2, 0.25) is 0 Å². The molecule has 1 atom stereocenters. The van der Waals surface area contributed by atoms with Gasteiger partial charge in [-0.1, -0.05) is 33.3 Å². The Morgan fingerprint density at radius 2 is 1.89 bits per heavy atom. The minimum absolute atomic E-state index is 0.161. The molecule has 0 aliphatic carbocycles. The molecule has 1 amide bonds. The maximum Gasteiger partial charge on any atom is 0.338 e. The van der Waals surface area contributed by atoms with Gasteiger partial charge in [-0.05, 0) is 49.7 Å². The molecule has 9 nitrogen and oxygen atoms in total. The fourth-order valence-electron chi connectivity index (χ4n) is 4.55. The summed E-state index contributed by atoms with van der Waals surface area (Å²) in [5.74, 6) is -0.00226. The molecule has 1 unspecified atom stereocenters. The number of ether oxygens (including phenoxy) is 3. The normalized spacial score (nSPS) is 17.5. The molecule has 11 heteroatoms. The van der Waals surface area contributed by atoms with E-state index >= 15 is 0 Å². The number of hydrogen-bond acceptors (Lipinski definition) is 8. The number of allylic oxidation sites excluding steroid dienone is 1. The molecule has 2 aromatic carbocycles. The molecule has 0 fully saturated rings. The zero-order valence-electron chi connectivity index (χ0n) is 20.4. The fourth-order valence-corrected chi connectivity index (χ4v) is 6.05. The molecule has 5 rings (SSSR count). The van der Waals surface area contributed by atoms with Crippen LogP contribution in [0.1, 0.15) is 31.0 Å². The highest BCUT2D eigenvalue weighted by molar-refractivity contribution is 9.10. The maximum atomic E-state index is 14.0. The number of nitrogens with one attached hydrogen (secondary N) is 1. The predicted octanol–water partition coefficient (Wildman–Crippen LogP) is 2.90. The monoisotopic (exact) mass is 583 g/mol. The predicted molar refractivity (Wildman–Crippen MR) is 142 cm³/mol. The number of nitrogens with zero attached hydrogens (tertiary/aromatic N) is 2. The van der Waals surface area contributed by atoms with Crippen molar-refractivity contribution in [1.29, 1.82) is 0 Å². The van der Waals surface area contributed by atoms with Gasteiger partial charge in [-0.15, -0.1) is 0 Å². The van der Waals surface area contributed by atoms with Gasteiger partial charge in [-0.2, -0.15) is 0 Å². The molecule has 0 bridgehead atoms. The number of carbonyl (C=O) groups excluding carboxylic acids is 2. The van der Waals surface area contributed by atoms with E-state index < -0.39 is 17.6 Å². The smallest absolute Gasteiger partial charge is 0.338 e. The Hall–Kier alpha value is -3.70. The highest BCUT2D eigenvalue weighted by Gasteiger charge is 2.35. The van der Waals surface area contributed by atoms with Crippen molar-refractivity contribution >= 4 is 50.4 Å². The van der Waals surface area contributed by atoms with Crippen LogP contribution in [0.15, 0.2) is 61.9 Å². The number of thiazole rings is 1. The molecule has 1 aromatic heterocycles. The first-order chi connectivity index (χ1) is 17.8.